The third kappa shape index (κ3) is 2.41. The fourth-order valence-corrected chi connectivity index (χ4v) is 1.33. The van der Waals surface area contributed by atoms with E-state index in [1.165, 1.54) is 0 Å². The molecule has 84 valence electrons. The van der Waals surface area contributed by atoms with Crippen molar-refractivity contribution in [1.29, 1.82) is 0 Å². The van der Waals surface area contributed by atoms with Gasteiger partial charge in [0.2, 0.25) is 0 Å². The first kappa shape index (κ1) is 11.8. The van der Waals surface area contributed by atoms with Crippen molar-refractivity contribution >= 4 is 11.8 Å². The van der Waals surface area contributed by atoms with Crippen molar-refractivity contribution in [1.82, 2.24) is 0 Å². The van der Waals surface area contributed by atoms with Gasteiger partial charge in [0.25, 0.3) is 0 Å². The molecule has 0 fully saturated rings. The van der Waals surface area contributed by atoms with E-state index in [2.05, 4.69) is 4.74 Å². The number of aliphatic hydroxyl groups is 3. The predicted octanol–water partition coefficient (Wildman–Crippen LogP) is -1.86. The summed E-state index contributed by atoms with van der Waals surface area (Å²) in [6, 6.07) is 0. The second kappa shape index (κ2) is 4.52. The molecule has 6 heteroatoms. The highest BCUT2D eigenvalue weighted by atomic mass is 16.6. The smallest absolute Gasteiger partial charge is 0.303 e. The zero-order chi connectivity index (χ0) is 11.6. The van der Waals surface area contributed by atoms with Crippen LogP contribution in [0.5, 0.6) is 0 Å². The fraction of sp³-hybridized carbons (Fsp3) is 0.556. The Labute approximate surface area is 85.8 Å². The molecule has 0 aromatic rings. The van der Waals surface area contributed by atoms with E-state index in [4.69, 9.17) is 5.11 Å². The van der Waals surface area contributed by atoms with Gasteiger partial charge in [0.1, 0.15) is 18.3 Å². The maximum atomic E-state index is 11.2. The lowest BCUT2D eigenvalue weighted by Crippen LogP contribution is -2.48. The minimum Gasteiger partial charge on any atom is -0.455 e. The Morgan fingerprint density at radius 1 is 1.53 bits per heavy atom. The van der Waals surface area contributed by atoms with Crippen molar-refractivity contribution < 1.29 is 29.6 Å². The van der Waals surface area contributed by atoms with Crippen LogP contribution in [-0.4, -0.2) is 52.0 Å². The summed E-state index contributed by atoms with van der Waals surface area (Å²) < 4.78 is 4.67. The Morgan fingerprint density at radius 3 is 2.60 bits per heavy atom. The molecule has 0 bridgehead atoms. The molecule has 1 rings (SSSR count). The first-order chi connectivity index (χ1) is 6.97. The van der Waals surface area contributed by atoms with Crippen molar-refractivity contribution in [2.45, 2.75) is 25.2 Å². The quantitative estimate of drug-likeness (QED) is 0.468. The van der Waals surface area contributed by atoms with E-state index in [0.29, 0.717) is 0 Å². The summed E-state index contributed by atoms with van der Waals surface area (Å²) in [5.74, 6) is -1.40. The van der Waals surface area contributed by atoms with Crippen LogP contribution < -0.4 is 0 Å². The molecule has 15 heavy (non-hydrogen) atoms. The molecule has 3 N–H and O–H groups in total. The van der Waals surface area contributed by atoms with Crippen LogP contribution in [0.15, 0.2) is 11.6 Å². The molecule has 1 aliphatic carbocycles. The molecule has 0 aromatic carbocycles. The van der Waals surface area contributed by atoms with Crippen LogP contribution in [0.4, 0.5) is 0 Å². The molecule has 0 radical (unpaired) electrons. The van der Waals surface area contributed by atoms with Crippen LogP contribution in [0.1, 0.15) is 6.92 Å². The number of ketones is 1. The van der Waals surface area contributed by atoms with Crippen LogP contribution in [0.25, 0.3) is 0 Å². The average molecular weight is 216 g/mol. The molecular formula is C9H12O6. The molecule has 0 unspecified atom stereocenters. The molecule has 3 atom stereocenters. The maximum absolute atomic E-state index is 11.2. The van der Waals surface area contributed by atoms with Crippen LogP contribution in [-0.2, 0) is 14.3 Å². The lowest BCUT2D eigenvalue weighted by atomic mass is 9.91. The van der Waals surface area contributed by atoms with Gasteiger partial charge in [-0.05, 0) is 6.08 Å². The Hall–Kier alpha value is -1.24. The van der Waals surface area contributed by atoms with Gasteiger partial charge in [-0.25, -0.2) is 0 Å². The number of carbonyl (C=O) groups is 2. The number of esters is 1. The summed E-state index contributed by atoms with van der Waals surface area (Å²) >= 11 is 0. The Balaban J connectivity index is 2.92. The minimum atomic E-state index is -1.67. The largest absolute Gasteiger partial charge is 0.455 e. The Kier molecular flexibility index (Phi) is 3.57. The zero-order valence-electron chi connectivity index (χ0n) is 8.08. The minimum absolute atomic E-state index is 0.0703. The molecule has 0 heterocycles. The van der Waals surface area contributed by atoms with Crippen LogP contribution >= 0.6 is 0 Å². The number of hydrogen-bond donors (Lipinski definition) is 3. The summed E-state index contributed by atoms with van der Waals surface area (Å²) in [7, 11) is 0. The van der Waals surface area contributed by atoms with Gasteiger partial charge >= 0.3 is 5.97 Å². The monoisotopic (exact) mass is 216 g/mol. The summed E-state index contributed by atoms with van der Waals surface area (Å²) in [4.78, 5) is 21.9. The van der Waals surface area contributed by atoms with E-state index in [9.17, 15) is 19.8 Å². The highest BCUT2D eigenvalue weighted by Gasteiger charge is 2.38. The Bertz CT molecular complexity index is 308. The van der Waals surface area contributed by atoms with Crippen LogP contribution in [0, 0.1) is 0 Å². The topological polar surface area (TPSA) is 104 Å². The first-order valence-corrected chi connectivity index (χ1v) is 4.36. The van der Waals surface area contributed by atoms with Gasteiger partial charge in [0, 0.05) is 12.5 Å². The van der Waals surface area contributed by atoms with Crippen molar-refractivity contribution in [3.8, 4) is 0 Å². The molecule has 0 aromatic heterocycles. The highest BCUT2D eigenvalue weighted by Crippen LogP contribution is 2.18. The van der Waals surface area contributed by atoms with Crippen molar-refractivity contribution in [3.05, 3.63) is 11.6 Å². The maximum Gasteiger partial charge on any atom is 0.303 e. The molecule has 0 aliphatic heterocycles. The standard InChI is InChI=1S/C9H12O6/c1-4(11)15-6-2-5(3-10)7(12)9(14)8(6)13/h2,6,8-10,13-14H,3H2,1H3/t6-,8-,9-/m0/s1. The number of hydrogen-bond acceptors (Lipinski definition) is 6. The SMILES string of the molecule is CC(=O)O[C@H]1C=C(CO)C(=O)[C@H](O)[C@H]1O. The third-order valence-electron chi connectivity index (χ3n) is 2.08. The van der Waals surface area contributed by atoms with Gasteiger partial charge in [-0.15, -0.1) is 0 Å². The summed E-state index contributed by atoms with van der Waals surface area (Å²) in [5.41, 5.74) is -0.0703. The van der Waals surface area contributed by atoms with E-state index >= 15 is 0 Å². The summed E-state index contributed by atoms with van der Waals surface area (Å²) in [5, 5.41) is 27.5. The van der Waals surface area contributed by atoms with Gasteiger partial charge < -0.3 is 20.1 Å². The summed E-state index contributed by atoms with van der Waals surface area (Å²) in [6.45, 7) is 0.572. The molecule has 6 nitrogen and oxygen atoms in total. The van der Waals surface area contributed by atoms with Gasteiger partial charge in [0.15, 0.2) is 5.78 Å². The van der Waals surface area contributed by atoms with E-state index in [1.54, 1.807) is 0 Å². The van der Waals surface area contributed by atoms with E-state index in [1.807, 2.05) is 0 Å². The number of ether oxygens (including phenoxy) is 1. The number of aliphatic hydroxyl groups excluding tert-OH is 3. The molecule has 0 spiro atoms. The molecule has 0 amide bonds. The number of carbonyl (C=O) groups excluding carboxylic acids is 2. The van der Waals surface area contributed by atoms with Gasteiger partial charge in [-0.2, -0.15) is 0 Å². The molecular weight excluding hydrogens is 204 g/mol. The molecule has 1 aliphatic rings. The summed E-state index contributed by atoms with van der Waals surface area (Å²) in [6.07, 6.45) is -3.11. The van der Waals surface area contributed by atoms with E-state index in [-0.39, 0.29) is 5.57 Å². The van der Waals surface area contributed by atoms with Gasteiger partial charge in [-0.3, -0.25) is 9.59 Å². The van der Waals surface area contributed by atoms with Crippen molar-refractivity contribution in [3.63, 3.8) is 0 Å². The predicted molar refractivity (Wildman–Crippen MR) is 47.7 cm³/mol. The van der Waals surface area contributed by atoms with Gasteiger partial charge in [0.05, 0.1) is 6.61 Å². The van der Waals surface area contributed by atoms with E-state index < -0.39 is 36.7 Å². The Morgan fingerprint density at radius 2 is 2.13 bits per heavy atom. The molecule has 0 saturated carbocycles. The van der Waals surface area contributed by atoms with Crippen molar-refractivity contribution in [2.75, 3.05) is 6.61 Å². The normalized spacial score (nSPS) is 31.1. The second-order valence-corrected chi connectivity index (χ2v) is 3.22. The number of Topliss-reactive ketones (excluding diaryl/α,β-unsaturated/α-hetero) is 1. The van der Waals surface area contributed by atoms with Crippen molar-refractivity contribution in [2.24, 2.45) is 0 Å². The van der Waals surface area contributed by atoms with Gasteiger partial charge in [-0.1, -0.05) is 0 Å². The first-order valence-electron chi connectivity index (χ1n) is 4.36. The lowest BCUT2D eigenvalue weighted by molar-refractivity contribution is -0.157. The zero-order valence-corrected chi connectivity index (χ0v) is 8.08. The second-order valence-electron chi connectivity index (χ2n) is 3.22. The van der Waals surface area contributed by atoms with Crippen LogP contribution in [0.3, 0.4) is 0 Å². The van der Waals surface area contributed by atoms with Crippen LogP contribution in [0.2, 0.25) is 0 Å². The van der Waals surface area contributed by atoms with E-state index in [0.717, 1.165) is 13.0 Å². The molecule has 0 saturated heterocycles. The average Bonchev–Trinajstić information content (AvgIpc) is 2.18. The lowest BCUT2D eigenvalue weighted by Gasteiger charge is -2.28. The third-order valence-corrected chi connectivity index (χ3v) is 2.08. The highest BCUT2D eigenvalue weighted by molar-refractivity contribution is 6.00. The number of rotatable bonds is 2. The fourth-order valence-electron chi connectivity index (χ4n) is 1.33.